The highest BCUT2D eigenvalue weighted by atomic mass is 16.5. The van der Waals surface area contributed by atoms with Crippen molar-refractivity contribution in [3.05, 3.63) is 34.1 Å². The van der Waals surface area contributed by atoms with Gasteiger partial charge in [-0.1, -0.05) is 0 Å². The molecule has 0 aliphatic rings. The Balaban J connectivity index is 2.52. The van der Waals surface area contributed by atoms with Crippen LogP contribution in [-0.4, -0.2) is 25.1 Å². The molecule has 6 nitrogen and oxygen atoms in total. The summed E-state index contributed by atoms with van der Waals surface area (Å²) < 4.78 is 10.4. The molecule has 0 radical (unpaired) electrons. The molecule has 6 heteroatoms. The van der Waals surface area contributed by atoms with E-state index in [-0.39, 0.29) is 18.0 Å². The van der Waals surface area contributed by atoms with Crippen LogP contribution in [0.3, 0.4) is 0 Å². The molecule has 0 saturated carbocycles. The Morgan fingerprint density at radius 3 is 2.45 bits per heavy atom. The minimum Gasteiger partial charge on any atom is -0.493 e. The average molecular weight is 276 g/mol. The lowest BCUT2D eigenvalue weighted by Gasteiger charge is -2.10. The molecule has 2 rings (SSSR count). The summed E-state index contributed by atoms with van der Waals surface area (Å²) in [6.07, 6.45) is 0. The van der Waals surface area contributed by atoms with Gasteiger partial charge in [0.2, 0.25) is 5.91 Å². The second-order valence-electron chi connectivity index (χ2n) is 4.33. The van der Waals surface area contributed by atoms with Crippen molar-refractivity contribution in [1.82, 2.24) is 10.3 Å². The first-order valence-electron chi connectivity index (χ1n) is 6.07. The Morgan fingerprint density at radius 1 is 1.20 bits per heavy atom. The third kappa shape index (κ3) is 2.74. The van der Waals surface area contributed by atoms with Gasteiger partial charge in [0.1, 0.15) is 0 Å². The number of fused-ring (bicyclic) bond motifs is 1. The van der Waals surface area contributed by atoms with Gasteiger partial charge in [-0.25, -0.2) is 0 Å². The van der Waals surface area contributed by atoms with Gasteiger partial charge >= 0.3 is 0 Å². The van der Waals surface area contributed by atoms with Crippen molar-refractivity contribution < 1.29 is 14.3 Å². The summed E-state index contributed by atoms with van der Waals surface area (Å²) in [5.74, 6) is 0.944. The number of aromatic nitrogens is 1. The lowest BCUT2D eigenvalue weighted by Crippen LogP contribution is -2.24. The number of aromatic amines is 1. The fourth-order valence-corrected chi connectivity index (χ4v) is 1.93. The van der Waals surface area contributed by atoms with Crippen molar-refractivity contribution in [1.29, 1.82) is 0 Å². The monoisotopic (exact) mass is 276 g/mol. The van der Waals surface area contributed by atoms with Crippen LogP contribution in [0.15, 0.2) is 23.0 Å². The molecule has 0 saturated heterocycles. The van der Waals surface area contributed by atoms with Gasteiger partial charge in [0.05, 0.1) is 19.7 Å². The minimum atomic E-state index is -0.238. The first-order chi connectivity index (χ1) is 9.55. The van der Waals surface area contributed by atoms with Crippen LogP contribution in [0.2, 0.25) is 0 Å². The van der Waals surface area contributed by atoms with Crippen LogP contribution in [0.5, 0.6) is 11.5 Å². The maximum atomic E-state index is 11.9. The van der Waals surface area contributed by atoms with Gasteiger partial charge < -0.3 is 19.8 Å². The summed E-state index contributed by atoms with van der Waals surface area (Å²) in [5.41, 5.74) is 0.901. The van der Waals surface area contributed by atoms with Gasteiger partial charge in [0.15, 0.2) is 11.5 Å². The summed E-state index contributed by atoms with van der Waals surface area (Å²) in [6, 6.07) is 5.21. The lowest BCUT2D eigenvalue weighted by molar-refractivity contribution is -0.119. The summed E-state index contributed by atoms with van der Waals surface area (Å²) in [6.45, 7) is 1.60. The van der Waals surface area contributed by atoms with Gasteiger partial charge in [-0.15, -0.1) is 0 Å². The number of rotatable bonds is 4. The molecule has 1 amide bonds. The molecule has 0 aliphatic heterocycles. The largest absolute Gasteiger partial charge is 0.493 e. The van der Waals surface area contributed by atoms with Crippen molar-refractivity contribution >= 4 is 16.8 Å². The zero-order valence-electron chi connectivity index (χ0n) is 11.6. The van der Waals surface area contributed by atoms with Crippen molar-refractivity contribution in [2.24, 2.45) is 0 Å². The van der Waals surface area contributed by atoms with Crippen LogP contribution in [0.25, 0.3) is 10.9 Å². The molecule has 0 bridgehead atoms. The van der Waals surface area contributed by atoms with E-state index < -0.39 is 0 Å². The van der Waals surface area contributed by atoms with Crippen LogP contribution in [0.1, 0.15) is 12.5 Å². The number of carbonyl (C=O) groups excluding carboxylic acids is 1. The number of benzene rings is 1. The number of methoxy groups -OCH3 is 2. The predicted molar refractivity (Wildman–Crippen MR) is 75.2 cm³/mol. The van der Waals surface area contributed by atoms with Gasteiger partial charge in [-0.2, -0.15) is 0 Å². The molecule has 1 heterocycles. The number of nitrogens with one attached hydrogen (secondary N) is 2. The number of hydrogen-bond acceptors (Lipinski definition) is 4. The molecular weight excluding hydrogens is 260 g/mol. The predicted octanol–water partition coefficient (Wildman–Crippen LogP) is 1.18. The molecular formula is C14H16N2O4. The summed E-state index contributed by atoms with van der Waals surface area (Å²) in [7, 11) is 3.08. The Bertz CT molecular complexity index is 706. The van der Waals surface area contributed by atoms with Crippen LogP contribution >= 0.6 is 0 Å². The maximum Gasteiger partial charge on any atom is 0.253 e. The highest BCUT2D eigenvalue weighted by Crippen LogP contribution is 2.30. The Labute approximate surface area is 115 Å². The number of ether oxygens (including phenoxy) is 2. The van der Waals surface area contributed by atoms with Gasteiger partial charge in [0, 0.05) is 30.5 Å². The maximum absolute atomic E-state index is 11.9. The second-order valence-corrected chi connectivity index (χ2v) is 4.33. The molecule has 20 heavy (non-hydrogen) atoms. The number of hydrogen-bond donors (Lipinski definition) is 2. The van der Waals surface area contributed by atoms with E-state index in [0.717, 1.165) is 5.39 Å². The summed E-state index contributed by atoms with van der Waals surface area (Å²) >= 11 is 0. The highest BCUT2D eigenvalue weighted by Gasteiger charge is 2.09. The molecule has 1 aromatic heterocycles. The molecule has 2 N–H and O–H groups in total. The molecule has 1 aromatic carbocycles. The van der Waals surface area contributed by atoms with Crippen molar-refractivity contribution in [3.63, 3.8) is 0 Å². The van der Waals surface area contributed by atoms with E-state index in [1.54, 1.807) is 25.3 Å². The second kappa shape index (κ2) is 5.64. The minimum absolute atomic E-state index is 0.184. The molecule has 106 valence electrons. The van der Waals surface area contributed by atoms with E-state index in [9.17, 15) is 9.59 Å². The van der Waals surface area contributed by atoms with E-state index in [2.05, 4.69) is 10.3 Å². The Kier molecular flexibility index (Phi) is 3.93. The number of amides is 1. The molecule has 0 unspecified atom stereocenters. The van der Waals surface area contributed by atoms with E-state index in [1.165, 1.54) is 14.0 Å². The zero-order valence-corrected chi connectivity index (χ0v) is 11.6. The van der Waals surface area contributed by atoms with Crippen LogP contribution in [0.4, 0.5) is 0 Å². The summed E-state index contributed by atoms with van der Waals surface area (Å²) in [4.78, 5) is 25.6. The third-order valence-corrected chi connectivity index (χ3v) is 2.95. The number of H-pyrrole nitrogens is 1. The normalized spacial score (nSPS) is 10.3. The summed E-state index contributed by atoms with van der Waals surface area (Å²) in [5, 5.41) is 3.41. The first kappa shape index (κ1) is 13.9. The molecule has 0 atom stereocenters. The molecule has 0 aliphatic carbocycles. The van der Waals surface area contributed by atoms with E-state index in [0.29, 0.717) is 22.6 Å². The van der Waals surface area contributed by atoms with Gasteiger partial charge in [-0.05, 0) is 12.1 Å². The van der Waals surface area contributed by atoms with E-state index in [1.807, 2.05) is 0 Å². The topological polar surface area (TPSA) is 80.4 Å². The zero-order chi connectivity index (χ0) is 14.7. The van der Waals surface area contributed by atoms with Gasteiger partial charge in [-0.3, -0.25) is 9.59 Å². The van der Waals surface area contributed by atoms with Crippen molar-refractivity contribution in [2.75, 3.05) is 14.2 Å². The fourth-order valence-electron chi connectivity index (χ4n) is 1.93. The average Bonchev–Trinajstić information content (AvgIpc) is 2.43. The third-order valence-electron chi connectivity index (χ3n) is 2.95. The van der Waals surface area contributed by atoms with Crippen molar-refractivity contribution in [3.8, 4) is 11.5 Å². The van der Waals surface area contributed by atoms with Crippen LogP contribution in [-0.2, 0) is 11.3 Å². The fraction of sp³-hybridized carbons (Fsp3) is 0.286. The SMILES string of the molecule is COc1cc2cc(CNC(C)=O)c(=O)[nH]c2cc1OC. The van der Waals surface area contributed by atoms with E-state index >= 15 is 0 Å². The molecule has 2 aromatic rings. The number of pyridine rings is 1. The quantitative estimate of drug-likeness (QED) is 0.878. The van der Waals surface area contributed by atoms with Crippen LogP contribution < -0.4 is 20.3 Å². The van der Waals surface area contributed by atoms with Gasteiger partial charge in [0.25, 0.3) is 5.56 Å². The smallest absolute Gasteiger partial charge is 0.253 e. The highest BCUT2D eigenvalue weighted by molar-refractivity contribution is 5.83. The standard InChI is InChI=1S/C14H16N2O4/c1-8(17)15-7-10-4-9-5-12(19-2)13(20-3)6-11(9)16-14(10)18/h4-6H,7H2,1-3H3,(H,15,17)(H,16,18). The molecule has 0 spiro atoms. The lowest BCUT2D eigenvalue weighted by atomic mass is 10.1. The van der Waals surface area contributed by atoms with Crippen molar-refractivity contribution in [2.45, 2.75) is 13.5 Å². The van der Waals surface area contributed by atoms with Crippen LogP contribution in [0, 0.1) is 0 Å². The first-order valence-corrected chi connectivity index (χ1v) is 6.07. The van der Waals surface area contributed by atoms with E-state index in [4.69, 9.17) is 9.47 Å². The number of carbonyl (C=O) groups is 1. The Hall–Kier alpha value is -2.50. The molecule has 0 fully saturated rings. The Morgan fingerprint density at radius 2 is 1.85 bits per heavy atom.